The fraction of sp³-hybridized carbons (Fsp3) is 0.278. The van der Waals surface area contributed by atoms with Crippen LogP contribution >= 0.6 is 0 Å². The number of ether oxygens (including phenoxy) is 1. The molecule has 0 radical (unpaired) electrons. The van der Waals surface area contributed by atoms with Crippen LogP contribution in [0.5, 0.6) is 5.75 Å². The Hall–Kier alpha value is -3.09. The Morgan fingerprint density at radius 2 is 1.92 bits per heavy atom. The number of benzene rings is 2. The predicted molar refractivity (Wildman–Crippen MR) is 93.9 cm³/mol. The molecule has 0 spiro atoms. The lowest BCUT2D eigenvalue weighted by Crippen LogP contribution is -2.35. The minimum absolute atomic E-state index is 0.0127. The van der Waals surface area contributed by atoms with Gasteiger partial charge in [-0.1, -0.05) is 18.2 Å². The molecule has 130 valence electrons. The summed E-state index contributed by atoms with van der Waals surface area (Å²) in [4.78, 5) is 22.6. The Bertz CT molecular complexity index is 761. The fourth-order valence-corrected chi connectivity index (χ4v) is 2.83. The lowest BCUT2D eigenvalue weighted by Gasteiger charge is -2.25. The molecule has 3 rings (SSSR count). The van der Waals surface area contributed by atoms with E-state index in [0.29, 0.717) is 26.1 Å². The Kier molecular flexibility index (Phi) is 5.13. The third-order valence-electron chi connectivity index (χ3n) is 4.11. The lowest BCUT2D eigenvalue weighted by molar-refractivity contribution is -0.384. The molecule has 0 fully saturated rings. The Morgan fingerprint density at radius 3 is 2.68 bits per heavy atom. The van der Waals surface area contributed by atoms with Gasteiger partial charge in [-0.25, -0.2) is 0 Å². The third kappa shape index (κ3) is 4.06. The zero-order valence-electron chi connectivity index (χ0n) is 13.6. The number of fused-ring (bicyclic) bond motifs is 1. The molecule has 25 heavy (non-hydrogen) atoms. The van der Waals surface area contributed by atoms with Crippen molar-refractivity contribution < 1.29 is 14.5 Å². The maximum Gasteiger partial charge on any atom is 0.269 e. The monoisotopic (exact) mass is 341 g/mol. The molecule has 7 nitrogen and oxygen atoms in total. The fourth-order valence-electron chi connectivity index (χ4n) is 2.83. The lowest BCUT2D eigenvalue weighted by atomic mass is 9.92. The molecule has 2 N–H and O–H groups in total. The van der Waals surface area contributed by atoms with Crippen molar-refractivity contribution in [2.75, 3.05) is 25.0 Å². The molecule has 0 aromatic heterocycles. The largest absolute Gasteiger partial charge is 0.493 e. The van der Waals surface area contributed by atoms with E-state index in [4.69, 9.17) is 4.74 Å². The molecule has 0 aliphatic carbocycles. The number of rotatable bonds is 6. The van der Waals surface area contributed by atoms with Crippen LogP contribution in [0.1, 0.15) is 17.9 Å². The molecular weight excluding hydrogens is 322 g/mol. The Morgan fingerprint density at radius 1 is 1.16 bits per heavy atom. The molecule has 2 aromatic rings. The second-order valence-corrected chi connectivity index (χ2v) is 5.75. The van der Waals surface area contributed by atoms with Gasteiger partial charge in [-0.2, -0.15) is 0 Å². The van der Waals surface area contributed by atoms with Crippen molar-refractivity contribution in [2.45, 2.75) is 12.3 Å². The van der Waals surface area contributed by atoms with Crippen LogP contribution in [0.3, 0.4) is 0 Å². The van der Waals surface area contributed by atoms with Crippen molar-refractivity contribution >= 4 is 17.3 Å². The van der Waals surface area contributed by atoms with Crippen molar-refractivity contribution in [2.24, 2.45) is 0 Å². The number of carbonyl (C=O) groups is 1. The van der Waals surface area contributed by atoms with E-state index < -0.39 is 4.92 Å². The first-order valence-corrected chi connectivity index (χ1v) is 8.13. The first-order valence-electron chi connectivity index (χ1n) is 8.13. The molecule has 0 bridgehead atoms. The van der Waals surface area contributed by atoms with Gasteiger partial charge < -0.3 is 15.4 Å². The van der Waals surface area contributed by atoms with Crippen LogP contribution in [0.4, 0.5) is 11.4 Å². The Labute approximate surface area is 145 Å². The van der Waals surface area contributed by atoms with Gasteiger partial charge in [0, 0.05) is 36.5 Å². The number of hydrogen-bond donors (Lipinski definition) is 2. The van der Waals surface area contributed by atoms with Crippen molar-refractivity contribution in [1.29, 1.82) is 0 Å². The smallest absolute Gasteiger partial charge is 0.269 e. The van der Waals surface area contributed by atoms with E-state index in [1.807, 2.05) is 24.3 Å². The van der Waals surface area contributed by atoms with Gasteiger partial charge in [0.05, 0.1) is 17.4 Å². The molecule has 0 saturated heterocycles. The maximum absolute atomic E-state index is 12.4. The van der Waals surface area contributed by atoms with Crippen LogP contribution in [0.25, 0.3) is 0 Å². The molecule has 1 atom stereocenters. The van der Waals surface area contributed by atoms with E-state index in [-0.39, 0.29) is 17.5 Å². The van der Waals surface area contributed by atoms with E-state index in [9.17, 15) is 14.9 Å². The zero-order valence-corrected chi connectivity index (χ0v) is 13.6. The second-order valence-electron chi connectivity index (χ2n) is 5.75. The van der Waals surface area contributed by atoms with Crippen LogP contribution in [0.2, 0.25) is 0 Å². The summed E-state index contributed by atoms with van der Waals surface area (Å²) in [6.07, 6.45) is 0.665. The summed E-state index contributed by atoms with van der Waals surface area (Å²) in [5.74, 6) is 0.573. The van der Waals surface area contributed by atoms with Crippen molar-refractivity contribution in [3.05, 3.63) is 64.2 Å². The standard InChI is InChI=1S/C18H19N3O4/c22-18(16-9-12-25-17-4-2-1-3-15(16)17)20-11-10-19-13-5-7-14(8-6-13)21(23)24/h1-8,16,19H,9-12H2,(H,20,22)/t16-/m1/s1. The van der Waals surface area contributed by atoms with Gasteiger partial charge >= 0.3 is 0 Å². The highest BCUT2D eigenvalue weighted by molar-refractivity contribution is 5.84. The average Bonchev–Trinajstić information content (AvgIpc) is 2.65. The maximum atomic E-state index is 12.4. The number of amides is 1. The van der Waals surface area contributed by atoms with Gasteiger partial charge in [-0.15, -0.1) is 0 Å². The van der Waals surface area contributed by atoms with Crippen molar-refractivity contribution in [1.82, 2.24) is 5.32 Å². The Balaban J connectivity index is 1.48. The number of nitrogens with one attached hydrogen (secondary N) is 2. The summed E-state index contributed by atoms with van der Waals surface area (Å²) in [6, 6.07) is 13.8. The van der Waals surface area contributed by atoms with Gasteiger partial charge in [-0.3, -0.25) is 14.9 Å². The first kappa shape index (κ1) is 16.8. The van der Waals surface area contributed by atoms with E-state index >= 15 is 0 Å². The minimum Gasteiger partial charge on any atom is -0.493 e. The van der Waals surface area contributed by atoms with E-state index in [1.54, 1.807) is 12.1 Å². The van der Waals surface area contributed by atoms with Gasteiger partial charge in [0.1, 0.15) is 5.75 Å². The average molecular weight is 341 g/mol. The number of anilines is 1. The van der Waals surface area contributed by atoms with Crippen LogP contribution in [-0.4, -0.2) is 30.5 Å². The molecule has 7 heteroatoms. The normalized spacial score (nSPS) is 15.6. The summed E-state index contributed by atoms with van der Waals surface area (Å²) in [5.41, 5.74) is 1.75. The van der Waals surface area contributed by atoms with Crippen molar-refractivity contribution in [3.63, 3.8) is 0 Å². The van der Waals surface area contributed by atoms with Crippen LogP contribution in [-0.2, 0) is 4.79 Å². The number of non-ortho nitro benzene ring substituents is 1. The molecule has 1 aliphatic rings. The van der Waals surface area contributed by atoms with E-state index in [0.717, 1.165) is 17.0 Å². The highest BCUT2D eigenvalue weighted by Gasteiger charge is 2.26. The molecule has 2 aromatic carbocycles. The van der Waals surface area contributed by atoms with Crippen LogP contribution in [0, 0.1) is 10.1 Å². The van der Waals surface area contributed by atoms with Crippen LogP contribution < -0.4 is 15.4 Å². The van der Waals surface area contributed by atoms with Gasteiger partial charge in [0.25, 0.3) is 5.69 Å². The second kappa shape index (κ2) is 7.65. The summed E-state index contributed by atoms with van der Waals surface area (Å²) >= 11 is 0. The number of nitro groups is 1. The van der Waals surface area contributed by atoms with Crippen LogP contribution in [0.15, 0.2) is 48.5 Å². The number of nitro benzene ring substituents is 1. The van der Waals surface area contributed by atoms with Gasteiger partial charge in [-0.05, 0) is 24.6 Å². The van der Waals surface area contributed by atoms with Gasteiger partial charge in [0.15, 0.2) is 0 Å². The summed E-state index contributed by atoms with van der Waals surface area (Å²) in [6.45, 7) is 1.54. The first-order chi connectivity index (χ1) is 12.1. The summed E-state index contributed by atoms with van der Waals surface area (Å²) < 4.78 is 5.57. The number of hydrogen-bond acceptors (Lipinski definition) is 5. The molecule has 1 amide bonds. The highest BCUT2D eigenvalue weighted by atomic mass is 16.6. The molecule has 1 aliphatic heterocycles. The molecular formula is C18H19N3O4. The van der Waals surface area contributed by atoms with E-state index in [2.05, 4.69) is 10.6 Å². The molecule has 0 unspecified atom stereocenters. The minimum atomic E-state index is -0.435. The van der Waals surface area contributed by atoms with Crippen molar-refractivity contribution in [3.8, 4) is 5.75 Å². The third-order valence-corrected chi connectivity index (χ3v) is 4.11. The summed E-state index contributed by atoms with van der Waals surface area (Å²) in [7, 11) is 0. The van der Waals surface area contributed by atoms with Gasteiger partial charge in [0.2, 0.25) is 5.91 Å². The molecule has 0 saturated carbocycles. The van der Waals surface area contributed by atoms with E-state index in [1.165, 1.54) is 12.1 Å². The highest BCUT2D eigenvalue weighted by Crippen LogP contribution is 2.33. The number of nitrogens with zero attached hydrogens (tertiary/aromatic N) is 1. The quantitative estimate of drug-likeness (QED) is 0.479. The zero-order chi connectivity index (χ0) is 17.6. The summed E-state index contributed by atoms with van der Waals surface area (Å²) in [5, 5.41) is 16.7. The number of para-hydroxylation sites is 1. The molecule has 1 heterocycles. The topological polar surface area (TPSA) is 93.5 Å². The predicted octanol–water partition coefficient (Wildman–Crippen LogP) is 2.69. The number of carbonyl (C=O) groups excluding carboxylic acids is 1. The SMILES string of the molecule is O=C(NCCNc1ccc([N+](=O)[O-])cc1)[C@@H]1CCOc2ccccc21.